The van der Waals surface area contributed by atoms with Crippen LogP contribution in [0.15, 0.2) is 65.5 Å². The number of nitrogens with one attached hydrogen (secondary N) is 1. The maximum atomic E-state index is 12.9. The van der Waals surface area contributed by atoms with Crippen LogP contribution in [0.25, 0.3) is 22.2 Å². The summed E-state index contributed by atoms with van der Waals surface area (Å²) in [5.41, 5.74) is 3.26. The number of pyridine rings is 1. The van der Waals surface area contributed by atoms with Crippen molar-refractivity contribution >= 4 is 28.6 Å². The van der Waals surface area contributed by atoms with Crippen molar-refractivity contribution in [3.05, 3.63) is 66.7 Å². The number of nitrogens with zero attached hydrogens (tertiary/aromatic N) is 5. The van der Waals surface area contributed by atoms with E-state index in [9.17, 15) is 4.79 Å². The van der Waals surface area contributed by atoms with E-state index >= 15 is 0 Å². The van der Waals surface area contributed by atoms with Gasteiger partial charge in [0.05, 0.1) is 12.0 Å². The van der Waals surface area contributed by atoms with E-state index in [0.717, 1.165) is 73.0 Å². The summed E-state index contributed by atoms with van der Waals surface area (Å²) in [6.07, 6.45) is 8.21. The van der Waals surface area contributed by atoms with Gasteiger partial charge >= 0.3 is 0 Å². The van der Waals surface area contributed by atoms with Crippen molar-refractivity contribution in [3.63, 3.8) is 0 Å². The van der Waals surface area contributed by atoms with Gasteiger partial charge in [0.15, 0.2) is 0 Å². The van der Waals surface area contributed by atoms with Crippen molar-refractivity contribution in [3.8, 4) is 11.3 Å². The van der Waals surface area contributed by atoms with Crippen LogP contribution in [0.4, 0.5) is 11.8 Å². The molecule has 1 amide bonds. The van der Waals surface area contributed by atoms with E-state index in [1.165, 1.54) is 6.42 Å². The Morgan fingerprint density at radius 2 is 1.71 bits per heavy atom. The molecule has 0 unspecified atom stereocenters. The van der Waals surface area contributed by atoms with Crippen LogP contribution in [-0.2, 0) is 0 Å². The molecule has 2 fully saturated rings. The Kier molecular flexibility index (Phi) is 5.33. The zero-order chi connectivity index (χ0) is 22.9. The second-order valence-electron chi connectivity index (χ2n) is 8.86. The summed E-state index contributed by atoms with van der Waals surface area (Å²) in [6, 6.07) is 13.5. The van der Waals surface area contributed by atoms with Gasteiger partial charge in [0, 0.05) is 61.1 Å². The van der Waals surface area contributed by atoms with Crippen molar-refractivity contribution in [2.24, 2.45) is 0 Å². The first kappa shape index (κ1) is 20.7. The fraction of sp³-hybridized carbons (Fsp3) is 0.308. The lowest BCUT2D eigenvalue weighted by Gasteiger charge is -2.34. The first-order chi connectivity index (χ1) is 16.7. The molecule has 8 heteroatoms. The predicted molar refractivity (Wildman–Crippen MR) is 131 cm³/mol. The maximum absolute atomic E-state index is 12.9. The number of hydrogen-bond donors (Lipinski definition) is 1. The molecule has 2 aliphatic heterocycles. The zero-order valence-corrected chi connectivity index (χ0v) is 18.9. The SMILES string of the molecule is O=C(NC1CCN(c2nccc(N3CCC3)n2)CC1)c1ccc(-c2nccc3occc23)cc1. The van der Waals surface area contributed by atoms with Crippen molar-refractivity contribution in [2.45, 2.75) is 25.3 Å². The number of piperidine rings is 1. The second-order valence-corrected chi connectivity index (χ2v) is 8.86. The van der Waals surface area contributed by atoms with Crippen LogP contribution in [-0.4, -0.2) is 53.1 Å². The summed E-state index contributed by atoms with van der Waals surface area (Å²) in [5.74, 6) is 1.75. The summed E-state index contributed by atoms with van der Waals surface area (Å²) in [7, 11) is 0. The standard InChI is InChI=1S/C26H26N6O2/c33-25(19-4-2-18(3-5-19)24-21-10-17-34-22(21)6-11-27-24)29-20-8-15-32(16-9-20)26-28-12-7-23(30-26)31-13-1-14-31/h2-7,10-12,17,20H,1,8-9,13-16H2,(H,29,33). The molecule has 1 aromatic carbocycles. The molecule has 0 radical (unpaired) electrons. The highest BCUT2D eigenvalue weighted by Crippen LogP contribution is 2.27. The van der Waals surface area contributed by atoms with Crippen LogP contribution in [0.1, 0.15) is 29.6 Å². The van der Waals surface area contributed by atoms with Gasteiger partial charge in [0.2, 0.25) is 5.95 Å². The maximum Gasteiger partial charge on any atom is 0.251 e. The topological polar surface area (TPSA) is 87.4 Å². The minimum Gasteiger partial charge on any atom is -0.464 e. The Morgan fingerprint density at radius 3 is 2.47 bits per heavy atom. The Hall–Kier alpha value is -3.94. The van der Waals surface area contributed by atoms with Gasteiger partial charge in [0.25, 0.3) is 5.91 Å². The fourth-order valence-electron chi connectivity index (χ4n) is 4.61. The van der Waals surface area contributed by atoms with E-state index < -0.39 is 0 Å². The van der Waals surface area contributed by atoms with Crippen molar-refractivity contribution in [1.82, 2.24) is 20.3 Å². The summed E-state index contributed by atoms with van der Waals surface area (Å²) in [6.45, 7) is 3.80. The highest BCUT2D eigenvalue weighted by molar-refractivity contribution is 5.96. The number of carbonyl (C=O) groups excluding carboxylic acids is 1. The Bertz CT molecular complexity index is 1310. The average molecular weight is 455 g/mol. The molecule has 1 N–H and O–H groups in total. The third-order valence-corrected chi connectivity index (χ3v) is 6.72. The minimum atomic E-state index is -0.0458. The third-order valence-electron chi connectivity index (χ3n) is 6.72. The molecule has 0 atom stereocenters. The largest absolute Gasteiger partial charge is 0.464 e. The van der Waals surface area contributed by atoms with Crippen molar-refractivity contribution in [1.29, 1.82) is 0 Å². The van der Waals surface area contributed by atoms with Gasteiger partial charge in [-0.2, -0.15) is 4.98 Å². The molecule has 6 rings (SSSR count). The molecule has 0 spiro atoms. The highest BCUT2D eigenvalue weighted by Gasteiger charge is 2.24. The van der Waals surface area contributed by atoms with Crippen LogP contribution in [0.2, 0.25) is 0 Å². The van der Waals surface area contributed by atoms with Gasteiger partial charge in [-0.1, -0.05) is 12.1 Å². The molecular formula is C26H26N6O2. The molecule has 2 aliphatic rings. The number of fused-ring (bicyclic) bond motifs is 1. The fourth-order valence-corrected chi connectivity index (χ4v) is 4.61. The molecule has 3 aromatic heterocycles. The monoisotopic (exact) mass is 454 g/mol. The van der Waals surface area contributed by atoms with Crippen LogP contribution >= 0.6 is 0 Å². The van der Waals surface area contributed by atoms with E-state index in [0.29, 0.717) is 5.56 Å². The van der Waals surface area contributed by atoms with Crippen LogP contribution in [0.5, 0.6) is 0 Å². The summed E-state index contributed by atoms with van der Waals surface area (Å²) in [5, 5.41) is 4.16. The minimum absolute atomic E-state index is 0.0458. The molecule has 0 aliphatic carbocycles. The lowest BCUT2D eigenvalue weighted by atomic mass is 10.0. The zero-order valence-electron chi connectivity index (χ0n) is 18.9. The van der Waals surface area contributed by atoms with Crippen molar-refractivity contribution in [2.75, 3.05) is 36.0 Å². The Morgan fingerprint density at radius 1 is 0.912 bits per heavy atom. The molecule has 4 aromatic rings. The summed E-state index contributed by atoms with van der Waals surface area (Å²) in [4.78, 5) is 31.1. The predicted octanol–water partition coefficient (Wildman–Crippen LogP) is 3.89. The highest BCUT2D eigenvalue weighted by atomic mass is 16.3. The Balaban J connectivity index is 1.07. The number of rotatable bonds is 5. The molecule has 8 nitrogen and oxygen atoms in total. The van der Waals surface area contributed by atoms with E-state index in [4.69, 9.17) is 9.40 Å². The molecule has 2 saturated heterocycles. The Labute approximate surface area is 197 Å². The number of benzene rings is 1. The number of furan rings is 1. The third kappa shape index (κ3) is 3.96. The van der Waals surface area contributed by atoms with Crippen LogP contribution < -0.4 is 15.1 Å². The molecule has 0 bridgehead atoms. The lowest BCUT2D eigenvalue weighted by Crippen LogP contribution is -2.45. The number of carbonyl (C=O) groups is 1. The van der Waals surface area contributed by atoms with Gasteiger partial charge in [-0.05, 0) is 49.6 Å². The molecule has 5 heterocycles. The summed E-state index contributed by atoms with van der Waals surface area (Å²) >= 11 is 0. The molecular weight excluding hydrogens is 428 g/mol. The lowest BCUT2D eigenvalue weighted by molar-refractivity contribution is 0.0931. The van der Waals surface area contributed by atoms with E-state index in [1.54, 1.807) is 12.5 Å². The van der Waals surface area contributed by atoms with Gasteiger partial charge in [0.1, 0.15) is 11.4 Å². The van der Waals surface area contributed by atoms with Gasteiger partial charge < -0.3 is 19.5 Å². The van der Waals surface area contributed by atoms with E-state index in [1.807, 2.05) is 48.7 Å². The van der Waals surface area contributed by atoms with Crippen LogP contribution in [0, 0.1) is 0 Å². The van der Waals surface area contributed by atoms with Gasteiger partial charge in [-0.3, -0.25) is 9.78 Å². The number of amides is 1. The normalized spacial score (nSPS) is 16.5. The number of anilines is 2. The van der Waals surface area contributed by atoms with E-state index in [2.05, 4.69) is 25.1 Å². The van der Waals surface area contributed by atoms with E-state index in [-0.39, 0.29) is 11.9 Å². The number of hydrogen-bond acceptors (Lipinski definition) is 7. The number of aromatic nitrogens is 3. The van der Waals surface area contributed by atoms with Crippen molar-refractivity contribution < 1.29 is 9.21 Å². The first-order valence-corrected chi connectivity index (χ1v) is 11.8. The first-order valence-electron chi connectivity index (χ1n) is 11.8. The average Bonchev–Trinajstić information content (AvgIpc) is 3.33. The summed E-state index contributed by atoms with van der Waals surface area (Å²) < 4.78 is 5.47. The quantitative estimate of drug-likeness (QED) is 0.489. The second kappa shape index (κ2) is 8.78. The molecule has 172 valence electrons. The van der Waals surface area contributed by atoms with Gasteiger partial charge in [-0.25, -0.2) is 4.98 Å². The van der Waals surface area contributed by atoms with Gasteiger partial charge in [-0.15, -0.1) is 0 Å². The molecule has 34 heavy (non-hydrogen) atoms. The molecule has 0 saturated carbocycles. The van der Waals surface area contributed by atoms with Crippen LogP contribution in [0.3, 0.4) is 0 Å². The smallest absolute Gasteiger partial charge is 0.251 e.